The zero-order valence-corrected chi connectivity index (χ0v) is 16.4. The van der Waals surface area contributed by atoms with Gasteiger partial charge in [-0.3, -0.25) is 14.6 Å². The number of nitrogens with zero attached hydrogens (tertiary/aromatic N) is 2. The van der Waals surface area contributed by atoms with Gasteiger partial charge in [0.15, 0.2) is 0 Å². The molecule has 148 valence electrons. The molecule has 0 bridgehead atoms. The van der Waals surface area contributed by atoms with E-state index in [1.165, 1.54) is 19.4 Å². The van der Waals surface area contributed by atoms with Crippen LogP contribution in [0.2, 0.25) is 0 Å². The van der Waals surface area contributed by atoms with Gasteiger partial charge in [-0.2, -0.15) is 0 Å². The van der Waals surface area contributed by atoms with Crippen molar-refractivity contribution in [1.82, 2.24) is 9.88 Å². The second-order valence-electron chi connectivity index (χ2n) is 6.95. The van der Waals surface area contributed by atoms with Crippen LogP contribution in [-0.4, -0.2) is 49.0 Å². The van der Waals surface area contributed by atoms with Crippen LogP contribution in [0.5, 0.6) is 11.5 Å². The third-order valence-electron chi connectivity index (χ3n) is 4.84. The molecule has 28 heavy (non-hydrogen) atoms. The number of ether oxygens (including phenoxy) is 2. The fourth-order valence-electron chi connectivity index (χ4n) is 3.33. The molecule has 7 heteroatoms. The highest BCUT2D eigenvalue weighted by Crippen LogP contribution is 2.29. The minimum absolute atomic E-state index is 0.0648. The van der Waals surface area contributed by atoms with E-state index in [9.17, 15) is 9.59 Å². The van der Waals surface area contributed by atoms with Crippen molar-refractivity contribution in [3.8, 4) is 11.5 Å². The number of nitrogens with one attached hydrogen (secondary N) is 1. The number of carbonyl (C=O) groups excluding carboxylic acids is 2. The van der Waals surface area contributed by atoms with Crippen molar-refractivity contribution in [3.05, 3.63) is 47.8 Å². The van der Waals surface area contributed by atoms with Gasteiger partial charge >= 0.3 is 0 Å². The maximum atomic E-state index is 12.8. The van der Waals surface area contributed by atoms with Crippen LogP contribution >= 0.6 is 0 Å². The molecule has 0 saturated carbocycles. The highest BCUT2D eigenvalue weighted by atomic mass is 16.5. The second kappa shape index (κ2) is 8.73. The minimum Gasteiger partial charge on any atom is -0.497 e. The number of piperidine rings is 1. The molecule has 1 atom stereocenters. The number of benzene rings is 1. The first-order valence-corrected chi connectivity index (χ1v) is 9.30. The topological polar surface area (TPSA) is 80.8 Å². The Morgan fingerprint density at radius 3 is 2.71 bits per heavy atom. The zero-order chi connectivity index (χ0) is 20.1. The lowest BCUT2D eigenvalue weighted by Gasteiger charge is -2.31. The molecule has 2 amide bonds. The quantitative estimate of drug-likeness (QED) is 0.857. The van der Waals surface area contributed by atoms with Crippen LogP contribution in [0, 0.1) is 5.92 Å². The van der Waals surface area contributed by atoms with Gasteiger partial charge in [0, 0.05) is 30.9 Å². The van der Waals surface area contributed by atoms with Gasteiger partial charge in [0.25, 0.3) is 11.8 Å². The normalized spacial score (nSPS) is 16.4. The Morgan fingerprint density at radius 1 is 1.18 bits per heavy atom. The molecule has 1 N–H and O–H groups in total. The Balaban J connectivity index is 1.76. The summed E-state index contributed by atoms with van der Waals surface area (Å²) < 4.78 is 10.5. The Bertz CT molecular complexity index is 868. The maximum absolute atomic E-state index is 12.8. The number of rotatable bonds is 5. The van der Waals surface area contributed by atoms with E-state index >= 15 is 0 Å². The zero-order valence-electron chi connectivity index (χ0n) is 16.4. The molecule has 1 unspecified atom stereocenters. The van der Waals surface area contributed by atoms with Gasteiger partial charge in [-0.1, -0.05) is 6.92 Å². The van der Waals surface area contributed by atoms with E-state index in [0.717, 1.165) is 25.9 Å². The molecule has 1 fully saturated rings. The number of hydrogen-bond donors (Lipinski definition) is 1. The van der Waals surface area contributed by atoms with E-state index < -0.39 is 5.91 Å². The lowest BCUT2D eigenvalue weighted by Crippen LogP contribution is -2.39. The van der Waals surface area contributed by atoms with Crippen LogP contribution in [0.25, 0.3) is 0 Å². The molecule has 1 aliphatic rings. The number of methoxy groups -OCH3 is 2. The van der Waals surface area contributed by atoms with Crippen molar-refractivity contribution in [2.24, 2.45) is 5.92 Å². The summed E-state index contributed by atoms with van der Waals surface area (Å²) in [6, 6.07) is 8.28. The fourth-order valence-corrected chi connectivity index (χ4v) is 3.33. The van der Waals surface area contributed by atoms with E-state index in [1.54, 1.807) is 31.4 Å². The molecule has 2 aromatic rings. The average Bonchev–Trinajstić information content (AvgIpc) is 2.73. The van der Waals surface area contributed by atoms with Crippen molar-refractivity contribution >= 4 is 17.5 Å². The van der Waals surface area contributed by atoms with Gasteiger partial charge in [0.05, 0.1) is 19.9 Å². The smallest absolute Gasteiger partial charge is 0.274 e. The van der Waals surface area contributed by atoms with Gasteiger partial charge in [-0.25, -0.2) is 0 Å². The van der Waals surface area contributed by atoms with Gasteiger partial charge in [0.1, 0.15) is 17.2 Å². The van der Waals surface area contributed by atoms with Crippen molar-refractivity contribution in [3.63, 3.8) is 0 Å². The summed E-state index contributed by atoms with van der Waals surface area (Å²) in [6.45, 7) is 3.63. The molecule has 0 spiro atoms. The van der Waals surface area contributed by atoms with Crippen LogP contribution in [-0.2, 0) is 0 Å². The average molecular weight is 383 g/mol. The highest BCUT2D eigenvalue weighted by Gasteiger charge is 2.23. The van der Waals surface area contributed by atoms with Crippen molar-refractivity contribution in [2.75, 3.05) is 32.6 Å². The van der Waals surface area contributed by atoms with Crippen LogP contribution in [0.3, 0.4) is 0 Å². The van der Waals surface area contributed by atoms with Crippen LogP contribution in [0.4, 0.5) is 5.69 Å². The van der Waals surface area contributed by atoms with Gasteiger partial charge in [-0.05, 0) is 43.0 Å². The monoisotopic (exact) mass is 383 g/mol. The third-order valence-corrected chi connectivity index (χ3v) is 4.84. The summed E-state index contributed by atoms with van der Waals surface area (Å²) in [4.78, 5) is 31.4. The molecular weight excluding hydrogens is 358 g/mol. The first-order valence-electron chi connectivity index (χ1n) is 9.30. The Kier molecular flexibility index (Phi) is 6.13. The third kappa shape index (κ3) is 4.42. The summed E-state index contributed by atoms with van der Waals surface area (Å²) in [5, 5.41) is 2.77. The lowest BCUT2D eigenvalue weighted by molar-refractivity contribution is 0.0683. The predicted octanol–water partition coefficient (Wildman–Crippen LogP) is 3.22. The van der Waals surface area contributed by atoms with Gasteiger partial charge in [-0.15, -0.1) is 0 Å². The molecule has 0 radical (unpaired) electrons. The van der Waals surface area contributed by atoms with Crippen molar-refractivity contribution < 1.29 is 19.1 Å². The molecule has 1 aromatic carbocycles. The number of anilines is 1. The fraction of sp³-hybridized carbons (Fsp3) is 0.381. The maximum Gasteiger partial charge on any atom is 0.274 e. The molecule has 1 saturated heterocycles. The number of hydrogen-bond acceptors (Lipinski definition) is 5. The number of pyridine rings is 1. The summed E-state index contributed by atoms with van der Waals surface area (Å²) in [6.07, 6.45) is 3.63. The van der Waals surface area contributed by atoms with Crippen molar-refractivity contribution in [1.29, 1.82) is 0 Å². The SMILES string of the molecule is COc1ccc(NC(=O)c2cc(C(=O)N3CCCC(C)C3)ccn2)c(OC)c1. The number of aromatic nitrogens is 1. The Hall–Kier alpha value is -3.09. The van der Waals surface area contributed by atoms with Crippen LogP contribution in [0.15, 0.2) is 36.5 Å². The molecular formula is C21H25N3O4. The number of amides is 2. The van der Waals surface area contributed by atoms with E-state index in [4.69, 9.17) is 9.47 Å². The van der Waals surface area contributed by atoms with Crippen LogP contribution < -0.4 is 14.8 Å². The molecule has 7 nitrogen and oxygen atoms in total. The van der Waals surface area contributed by atoms with Gasteiger partial charge in [0.2, 0.25) is 0 Å². The second-order valence-corrected chi connectivity index (χ2v) is 6.95. The summed E-state index contributed by atoms with van der Waals surface area (Å²) >= 11 is 0. The lowest BCUT2D eigenvalue weighted by atomic mass is 9.99. The first-order chi connectivity index (χ1) is 13.5. The van der Waals surface area contributed by atoms with Crippen molar-refractivity contribution in [2.45, 2.75) is 19.8 Å². The minimum atomic E-state index is -0.412. The Morgan fingerprint density at radius 2 is 2.00 bits per heavy atom. The standard InChI is InChI=1S/C21H25N3O4/c1-14-5-4-10-24(13-14)21(26)15-8-9-22-18(11-15)20(25)23-17-7-6-16(27-2)12-19(17)28-3/h6-9,11-12,14H,4-5,10,13H2,1-3H3,(H,23,25). The van der Waals surface area contributed by atoms with E-state index in [1.807, 2.05) is 4.90 Å². The molecule has 2 heterocycles. The largest absolute Gasteiger partial charge is 0.497 e. The summed E-state index contributed by atoms with van der Waals surface area (Å²) in [7, 11) is 3.07. The highest BCUT2D eigenvalue weighted by molar-refractivity contribution is 6.05. The first kappa shape index (κ1) is 19.7. The summed E-state index contributed by atoms with van der Waals surface area (Å²) in [5.41, 5.74) is 1.14. The van der Waals surface area contributed by atoms with E-state index in [-0.39, 0.29) is 11.6 Å². The van der Waals surface area contributed by atoms with E-state index in [2.05, 4.69) is 17.2 Å². The predicted molar refractivity (Wildman–Crippen MR) is 106 cm³/mol. The van der Waals surface area contributed by atoms with Crippen LogP contribution in [0.1, 0.15) is 40.6 Å². The molecule has 1 aromatic heterocycles. The summed E-state index contributed by atoms with van der Waals surface area (Å²) in [5.74, 6) is 1.11. The number of carbonyl (C=O) groups is 2. The molecule has 1 aliphatic heterocycles. The molecule has 0 aliphatic carbocycles. The molecule has 3 rings (SSSR count). The number of likely N-dealkylation sites (tertiary alicyclic amines) is 1. The Labute approximate surface area is 164 Å². The van der Waals surface area contributed by atoms with Gasteiger partial charge < -0.3 is 19.7 Å². The van der Waals surface area contributed by atoms with E-state index in [0.29, 0.717) is 28.7 Å².